The number of nitrogens with one attached hydrogen (secondary N) is 1. The summed E-state index contributed by atoms with van der Waals surface area (Å²) < 4.78 is 0. The maximum absolute atomic E-state index is 8.72. The Morgan fingerprint density at radius 2 is 2.33 bits per heavy atom. The minimum atomic E-state index is 0.542. The lowest BCUT2D eigenvalue weighted by Gasteiger charge is -2.06. The summed E-state index contributed by atoms with van der Waals surface area (Å²) in [6, 6.07) is 7.54. The molecule has 0 spiro atoms. The Hall–Kier alpha value is -1.69. The van der Waals surface area contributed by atoms with Crippen LogP contribution in [0.3, 0.4) is 0 Å². The SMILES string of the molecule is CC1CC1CNc1ccc(C#N)c(N)c1. The van der Waals surface area contributed by atoms with Crippen molar-refractivity contribution in [3.63, 3.8) is 0 Å². The smallest absolute Gasteiger partial charge is 0.101 e. The van der Waals surface area contributed by atoms with E-state index in [1.807, 2.05) is 12.1 Å². The first-order chi connectivity index (χ1) is 7.20. The molecule has 1 aliphatic carbocycles. The molecule has 2 atom stereocenters. The van der Waals surface area contributed by atoms with E-state index in [0.29, 0.717) is 11.3 Å². The van der Waals surface area contributed by atoms with E-state index in [1.54, 1.807) is 6.07 Å². The first kappa shape index (κ1) is 9.85. The highest BCUT2D eigenvalue weighted by molar-refractivity contribution is 5.62. The van der Waals surface area contributed by atoms with Gasteiger partial charge in [0.25, 0.3) is 0 Å². The highest BCUT2D eigenvalue weighted by Gasteiger charge is 2.31. The fourth-order valence-corrected chi connectivity index (χ4v) is 1.71. The van der Waals surface area contributed by atoms with E-state index >= 15 is 0 Å². The molecule has 0 bridgehead atoms. The summed E-state index contributed by atoms with van der Waals surface area (Å²) in [4.78, 5) is 0. The van der Waals surface area contributed by atoms with Crippen molar-refractivity contribution in [2.75, 3.05) is 17.6 Å². The molecule has 0 saturated heterocycles. The molecular formula is C12H15N3. The molecule has 15 heavy (non-hydrogen) atoms. The van der Waals surface area contributed by atoms with Gasteiger partial charge in [0.05, 0.1) is 11.3 Å². The van der Waals surface area contributed by atoms with Gasteiger partial charge in [-0.2, -0.15) is 5.26 Å². The third kappa shape index (κ3) is 2.21. The molecule has 0 aromatic heterocycles. The largest absolute Gasteiger partial charge is 0.398 e. The van der Waals surface area contributed by atoms with Gasteiger partial charge in [0.2, 0.25) is 0 Å². The lowest BCUT2D eigenvalue weighted by Crippen LogP contribution is -2.05. The van der Waals surface area contributed by atoms with Crippen LogP contribution < -0.4 is 11.1 Å². The first-order valence-electron chi connectivity index (χ1n) is 5.24. The minimum Gasteiger partial charge on any atom is -0.398 e. The molecule has 0 heterocycles. The Morgan fingerprint density at radius 3 is 2.87 bits per heavy atom. The van der Waals surface area contributed by atoms with E-state index in [9.17, 15) is 0 Å². The number of nitrogens with zero attached hydrogens (tertiary/aromatic N) is 1. The average molecular weight is 201 g/mol. The third-order valence-electron chi connectivity index (χ3n) is 3.02. The molecule has 0 aliphatic heterocycles. The maximum atomic E-state index is 8.72. The number of nitriles is 1. The van der Waals surface area contributed by atoms with Gasteiger partial charge in [-0.15, -0.1) is 0 Å². The molecule has 0 radical (unpaired) electrons. The predicted octanol–water partition coefficient (Wildman–Crippen LogP) is 2.21. The second-order valence-corrected chi connectivity index (χ2v) is 4.27. The van der Waals surface area contributed by atoms with Crippen LogP contribution in [0.2, 0.25) is 0 Å². The van der Waals surface area contributed by atoms with E-state index < -0.39 is 0 Å². The Labute approximate surface area is 89.9 Å². The van der Waals surface area contributed by atoms with E-state index in [0.717, 1.165) is 24.1 Å². The van der Waals surface area contributed by atoms with E-state index in [4.69, 9.17) is 11.0 Å². The minimum absolute atomic E-state index is 0.542. The van der Waals surface area contributed by atoms with Crippen LogP contribution in [-0.4, -0.2) is 6.54 Å². The predicted molar refractivity (Wildman–Crippen MR) is 61.3 cm³/mol. The van der Waals surface area contributed by atoms with Crippen LogP contribution in [0.5, 0.6) is 0 Å². The van der Waals surface area contributed by atoms with Crippen molar-refractivity contribution in [2.45, 2.75) is 13.3 Å². The highest BCUT2D eigenvalue weighted by Crippen LogP contribution is 2.37. The van der Waals surface area contributed by atoms with Crippen molar-refractivity contribution in [1.29, 1.82) is 5.26 Å². The lowest BCUT2D eigenvalue weighted by molar-refractivity contribution is 0.787. The second-order valence-electron chi connectivity index (χ2n) is 4.27. The van der Waals surface area contributed by atoms with Crippen molar-refractivity contribution in [3.05, 3.63) is 23.8 Å². The monoisotopic (exact) mass is 201 g/mol. The molecule has 1 aromatic rings. The number of benzene rings is 1. The summed E-state index contributed by atoms with van der Waals surface area (Å²) >= 11 is 0. The molecule has 1 aliphatic rings. The zero-order valence-electron chi connectivity index (χ0n) is 8.83. The van der Waals surface area contributed by atoms with E-state index in [-0.39, 0.29) is 0 Å². The fourth-order valence-electron chi connectivity index (χ4n) is 1.71. The second kappa shape index (κ2) is 3.82. The molecular weight excluding hydrogens is 186 g/mol. The number of hydrogen-bond donors (Lipinski definition) is 2. The molecule has 78 valence electrons. The lowest BCUT2D eigenvalue weighted by atomic mass is 10.2. The molecule has 1 fully saturated rings. The van der Waals surface area contributed by atoms with Crippen molar-refractivity contribution in [1.82, 2.24) is 0 Å². The summed E-state index contributed by atoms with van der Waals surface area (Å²) in [5.74, 6) is 1.66. The summed E-state index contributed by atoms with van der Waals surface area (Å²) in [5.41, 5.74) is 7.81. The van der Waals surface area contributed by atoms with Gasteiger partial charge in [0, 0.05) is 12.2 Å². The number of nitrogen functional groups attached to an aromatic ring is 1. The van der Waals surface area contributed by atoms with Crippen LogP contribution in [0, 0.1) is 23.2 Å². The van der Waals surface area contributed by atoms with E-state index in [2.05, 4.69) is 18.3 Å². The van der Waals surface area contributed by atoms with E-state index in [1.165, 1.54) is 6.42 Å². The summed E-state index contributed by atoms with van der Waals surface area (Å²) in [7, 11) is 0. The summed E-state index contributed by atoms with van der Waals surface area (Å²) in [5, 5.41) is 12.1. The van der Waals surface area contributed by atoms with Crippen LogP contribution in [0.4, 0.5) is 11.4 Å². The summed E-state index contributed by atoms with van der Waals surface area (Å²) in [6.07, 6.45) is 1.32. The molecule has 1 aromatic carbocycles. The van der Waals surface area contributed by atoms with Crippen molar-refractivity contribution in [3.8, 4) is 6.07 Å². The highest BCUT2D eigenvalue weighted by atomic mass is 14.9. The van der Waals surface area contributed by atoms with Crippen molar-refractivity contribution in [2.24, 2.45) is 11.8 Å². The molecule has 3 nitrogen and oxygen atoms in total. The topological polar surface area (TPSA) is 61.8 Å². The van der Waals surface area contributed by atoms with Crippen LogP contribution in [0.1, 0.15) is 18.9 Å². The van der Waals surface area contributed by atoms with Crippen LogP contribution in [0.15, 0.2) is 18.2 Å². The maximum Gasteiger partial charge on any atom is 0.101 e. The molecule has 2 rings (SSSR count). The van der Waals surface area contributed by atoms with Gasteiger partial charge >= 0.3 is 0 Å². The molecule has 3 N–H and O–H groups in total. The molecule has 3 heteroatoms. The van der Waals surface area contributed by atoms with Crippen molar-refractivity contribution >= 4 is 11.4 Å². The van der Waals surface area contributed by atoms with Gasteiger partial charge < -0.3 is 11.1 Å². The van der Waals surface area contributed by atoms with Gasteiger partial charge in [0.15, 0.2) is 0 Å². The quantitative estimate of drug-likeness (QED) is 0.737. The normalized spacial score (nSPS) is 23.2. The molecule has 1 saturated carbocycles. The third-order valence-corrected chi connectivity index (χ3v) is 3.02. The zero-order valence-corrected chi connectivity index (χ0v) is 8.83. The fraction of sp³-hybridized carbons (Fsp3) is 0.417. The Balaban J connectivity index is 1.97. The Kier molecular flexibility index (Phi) is 2.51. The number of nitrogens with two attached hydrogens (primary N) is 1. The van der Waals surface area contributed by atoms with Crippen molar-refractivity contribution < 1.29 is 0 Å². The standard InChI is InChI=1S/C12H15N3/c1-8-4-10(8)7-15-11-3-2-9(6-13)12(14)5-11/h2-3,5,8,10,15H,4,7,14H2,1H3. The van der Waals surface area contributed by atoms with Gasteiger partial charge in [-0.05, 0) is 36.5 Å². The number of anilines is 2. The molecule has 2 unspecified atom stereocenters. The average Bonchev–Trinajstić information content (AvgIpc) is 2.92. The van der Waals surface area contributed by atoms with Crippen LogP contribution in [-0.2, 0) is 0 Å². The van der Waals surface area contributed by atoms with Gasteiger partial charge in [-0.1, -0.05) is 6.92 Å². The van der Waals surface area contributed by atoms with Crippen LogP contribution >= 0.6 is 0 Å². The Morgan fingerprint density at radius 1 is 1.60 bits per heavy atom. The number of hydrogen-bond acceptors (Lipinski definition) is 3. The number of rotatable bonds is 3. The molecule has 0 amide bonds. The van der Waals surface area contributed by atoms with Gasteiger partial charge in [0.1, 0.15) is 6.07 Å². The van der Waals surface area contributed by atoms with Gasteiger partial charge in [-0.3, -0.25) is 0 Å². The Bertz CT molecular complexity index is 406. The zero-order chi connectivity index (χ0) is 10.8. The first-order valence-corrected chi connectivity index (χ1v) is 5.24. The van der Waals surface area contributed by atoms with Gasteiger partial charge in [-0.25, -0.2) is 0 Å². The van der Waals surface area contributed by atoms with Crippen LogP contribution in [0.25, 0.3) is 0 Å². The summed E-state index contributed by atoms with van der Waals surface area (Å²) in [6.45, 7) is 3.27.